The van der Waals surface area contributed by atoms with Gasteiger partial charge in [-0.15, -0.1) is 24.2 Å². The lowest BCUT2D eigenvalue weighted by atomic mass is 10.2. The fraction of sp³-hybridized carbons (Fsp3) is 0.417. The molecule has 0 heterocycles. The second-order valence-electron chi connectivity index (χ2n) is 3.80. The van der Waals surface area contributed by atoms with Crippen molar-refractivity contribution >= 4 is 53.3 Å². The number of thioether (sulfide) groups is 1. The molecule has 19 heavy (non-hydrogen) atoms. The van der Waals surface area contributed by atoms with Crippen LogP contribution in [0.15, 0.2) is 17.0 Å². The summed E-state index contributed by atoms with van der Waals surface area (Å²) in [5.74, 6) is -0.0952. The van der Waals surface area contributed by atoms with E-state index in [1.165, 1.54) is 11.8 Å². The Kier molecular flexibility index (Phi) is 8.86. The van der Waals surface area contributed by atoms with Gasteiger partial charge in [0.2, 0.25) is 0 Å². The van der Waals surface area contributed by atoms with Gasteiger partial charge in [-0.1, -0.05) is 23.2 Å². The topological polar surface area (TPSA) is 32.3 Å². The molecule has 7 heteroatoms. The summed E-state index contributed by atoms with van der Waals surface area (Å²) < 4.78 is 0. The number of rotatable bonds is 5. The fourth-order valence-electron chi connectivity index (χ4n) is 1.44. The van der Waals surface area contributed by atoms with Crippen molar-refractivity contribution in [2.75, 3.05) is 33.4 Å². The number of likely N-dealkylation sites (N-methyl/N-ethyl adjacent to an activating group) is 2. The highest BCUT2D eigenvalue weighted by molar-refractivity contribution is 7.98. The van der Waals surface area contributed by atoms with Gasteiger partial charge in [-0.2, -0.15) is 0 Å². The predicted octanol–water partition coefficient (Wildman–Crippen LogP) is 3.43. The molecule has 1 aromatic carbocycles. The maximum Gasteiger partial charge on any atom is 0.255 e. The SMILES string of the molecule is CNCCN(C)C(=O)c1cc(SC)c(Cl)cc1Cl.Cl. The molecule has 3 nitrogen and oxygen atoms in total. The van der Waals surface area contributed by atoms with E-state index in [1.54, 1.807) is 24.1 Å². The van der Waals surface area contributed by atoms with Crippen LogP contribution in [0.4, 0.5) is 0 Å². The number of nitrogens with zero attached hydrogens (tertiary/aromatic N) is 1. The van der Waals surface area contributed by atoms with Crippen LogP contribution < -0.4 is 5.32 Å². The summed E-state index contributed by atoms with van der Waals surface area (Å²) in [6.45, 7) is 1.37. The Balaban J connectivity index is 0.00000324. The zero-order valence-corrected chi connectivity index (χ0v) is 14.1. The highest BCUT2D eigenvalue weighted by Crippen LogP contribution is 2.31. The van der Waals surface area contributed by atoms with Crippen molar-refractivity contribution < 1.29 is 4.79 Å². The Morgan fingerprint density at radius 1 is 1.37 bits per heavy atom. The Bertz CT molecular complexity index is 443. The molecular weight excluding hydrogens is 327 g/mol. The van der Waals surface area contributed by atoms with Crippen LogP contribution in [0.1, 0.15) is 10.4 Å². The summed E-state index contributed by atoms with van der Waals surface area (Å²) in [7, 11) is 3.60. The van der Waals surface area contributed by atoms with Gasteiger partial charge in [-0.25, -0.2) is 0 Å². The van der Waals surface area contributed by atoms with Crippen molar-refractivity contribution in [1.82, 2.24) is 10.2 Å². The zero-order chi connectivity index (χ0) is 13.7. The molecule has 0 atom stereocenters. The van der Waals surface area contributed by atoms with Crippen LogP contribution >= 0.6 is 47.4 Å². The molecule has 1 rings (SSSR count). The first-order valence-corrected chi connectivity index (χ1v) is 7.42. The molecular formula is C12H17Cl3N2OS. The first-order valence-electron chi connectivity index (χ1n) is 5.44. The number of carbonyl (C=O) groups excluding carboxylic acids is 1. The molecule has 0 saturated carbocycles. The average molecular weight is 344 g/mol. The van der Waals surface area contributed by atoms with Crippen LogP contribution in [0.5, 0.6) is 0 Å². The maximum absolute atomic E-state index is 12.2. The second-order valence-corrected chi connectivity index (χ2v) is 5.46. The highest BCUT2D eigenvalue weighted by atomic mass is 35.5. The molecule has 1 amide bonds. The number of carbonyl (C=O) groups is 1. The van der Waals surface area contributed by atoms with Crippen molar-refractivity contribution in [2.24, 2.45) is 0 Å². The van der Waals surface area contributed by atoms with Crippen LogP contribution in [0.3, 0.4) is 0 Å². The third-order valence-corrected chi connectivity index (χ3v) is 4.03. The maximum atomic E-state index is 12.2. The van der Waals surface area contributed by atoms with Crippen molar-refractivity contribution in [3.8, 4) is 0 Å². The number of halogens is 3. The van der Waals surface area contributed by atoms with Crippen molar-refractivity contribution in [2.45, 2.75) is 4.90 Å². The van der Waals surface area contributed by atoms with Gasteiger partial charge in [0.15, 0.2) is 0 Å². The number of hydrogen-bond acceptors (Lipinski definition) is 3. The van der Waals surface area contributed by atoms with E-state index in [0.29, 0.717) is 22.2 Å². The summed E-state index contributed by atoms with van der Waals surface area (Å²) >= 11 is 13.6. The van der Waals surface area contributed by atoms with Gasteiger partial charge >= 0.3 is 0 Å². The van der Waals surface area contributed by atoms with Crippen LogP contribution in [-0.4, -0.2) is 44.2 Å². The summed E-state index contributed by atoms with van der Waals surface area (Å²) in [5, 5.41) is 3.96. The number of benzene rings is 1. The zero-order valence-electron chi connectivity index (χ0n) is 11.0. The molecule has 0 aliphatic heterocycles. The third-order valence-electron chi connectivity index (χ3n) is 2.52. The molecule has 0 aliphatic carbocycles. The average Bonchev–Trinajstić information content (AvgIpc) is 2.35. The molecule has 0 saturated heterocycles. The summed E-state index contributed by atoms with van der Waals surface area (Å²) in [5.41, 5.74) is 0.490. The number of amides is 1. The molecule has 0 aromatic heterocycles. The van der Waals surface area contributed by atoms with Crippen molar-refractivity contribution in [3.05, 3.63) is 27.7 Å². The van der Waals surface area contributed by atoms with Crippen molar-refractivity contribution in [3.63, 3.8) is 0 Å². The van der Waals surface area contributed by atoms with E-state index < -0.39 is 0 Å². The van der Waals surface area contributed by atoms with E-state index in [0.717, 1.165) is 11.4 Å². The molecule has 0 spiro atoms. The van der Waals surface area contributed by atoms with Crippen LogP contribution in [0.25, 0.3) is 0 Å². The van der Waals surface area contributed by atoms with Gasteiger partial charge in [-0.05, 0) is 25.4 Å². The Morgan fingerprint density at radius 3 is 2.53 bits per heavy atom. The smallest absolute Gasteiger partial charge is 0.255 e. The quantitative estimate of drug-likeness (QED) is 0.831. The minimum Gasteiger partial charge on any atom is -0.340 e. The monoisotopic (exact) mass is 342 g/mol. The summed E-state index contributed by atoms with van der Waals surface area (Å²) in [6, 6.07) is 3.36. The standard InChI is InChI=1S/C12H16Cl2N2OS.ClH/c1-15-4-5-16(2)12(17)8-6-11(18-3)10(14)7-9(8)13;/h6-7,15H,4-5H2,1-3H3;1H. The Labute approximate surface area is 134 Å². The normalized spacial score (nSPS) is 9.95. The van der Waals surface area contributed by atoms with E-state index in [1.807, 2.05) is 13.3 Å². The number of nitrogens with one attached hydrogen (secondary N) is 1. The highest BCUT2D eigenvalue weighted by Gasteiger charge is 2.17. The first-order chi connectivity index (χ1) is 8.51. The van der Waals surface area contributed by atoms with Crippen LogP contribution in [-0.2, 0) is 0 Å². The molecule has 0 unspecified atom stereocenters. The van der Waals surface area contributed by atoms with E-state index in [9.17, 15) is 4.79 Å². The largest absolute Gasteiger partial charge is 0.340 e. The van der Waals surface area contributed by atoms with E-state index in [-0.39, 0.29) is 18.3 Å². The van der Waals surface area contributed by atoms with Gasteiger partial charge in [0.1, 0.15) is 0 Å². The number of hydrogen-bond donors (Lipinski definition) is 1. The van der Waals surface area contributed by atoms with E-state index in [2.05, 4.69) is 5.32 Å². The summed E-state index contributed by atoms with van der Waals surface area (Å²) in [4.78, 5) is 14.7. The fourth-order valence-corrected chi connectivity index (χ4v) is 2.62. The molecule has 0 fully saturated rings. The van der Waals surface area contributed by atoms with Gasteiger partial charge in [0.05, 0.1) is 15.6 Å². The molecule has 1 N–H and O–H groups in total. The third kappa shape index (κ3) is 5.04. The minimum absolute atomic E-state index is 0. The van der Waals surface area contributed by atoms with Crippen LogP contribution in [0.2, 0.25) is 10.0 Å². The van der Waals surface area contributed by atoms with Gasteiger partial charge in [0.25, 0.3) is 5.91 Å². The Hall–Kier alpha value is -0.130. The van der Waals surface area contributed by atoms with Gasteiger partial charge < -0.3 is 10.2 Å². The van der Waals surface area contributed by atoms with Gasteiger partial charge in [-0.3, -0.25) is 4.79 Å². The molecule has 0 bridgehead atoms. The van der Waals surface area contributed by atoms with Crippen LogP contribution in [0, 0.1) is 0 Å². The van der Waals surface area contributed by atoms with E-state index >= 15 is 0 Å². The van der Waals surface area contributed by atoms with Crippen molar-refractivity contribution in [1.29, 1.82) is 0 Å². The predicted molar refractivity (Wildman–Crippen MR) is 86.4 cm³/mol. The lowest BCUT2D eigenvalue weighted by Gasteiger charge is -2.18. The molecule has 0 aliphatic rings. The second kappa shape index (κ2) is 8.93. The van der Waals surface area contributed by atoms with E-state index in [4.69, 9.17) is 23.2 Å². The first kappa shape index (κ1) is 18.9. The molecule has 1 aromatic rings. The molecule has 0 radical (unpaired) electrons. The minimum atomic E-state index is -0.0952. The van der Waals surface area contributed by atoms with Gasteiger partial charge in [0, 0.05) is 25.0 Å². The lowest BCUT2D eigenvalue weighted by molar-refractivity contribution is 0.0797. The molecule has 108 valence electrons. The summed E-state index contributed by atoms with van der Waals surface area (Å²) in [6.07, 6.45) is 1.91. The lowest BCUT2D eigenvalue weighted by Crippen LogP contribution is -2.32. The Morgan fingerprint density at radius 2 is 2.00 bits per heavy atom.